The maximum atomic E-state index is 12.5. The summed E-state index contributed by atoms with van der Waals surface area (Å²) < 4.78 is 16.4. The lowest BCUT2D eigenvalue weighted by Crippen LogP contribution is -2.43. The third-order valence-electron chi connectivity index (χ3n) is 4.89. The summed E-state index contributed by atoms with van der Waals surface area (Å²) in [5.41, 5.74) is 0.621. The van der Waals surface area contributed by atoms with E-state index in [0.717, 1.165) is 31.5 Å². The van der Waals surface area contributed by atoms with Gasteiger partial charge in [0.1, 0.15) is 16.9 Å². The Hall–Kier alpha value is -2.08. The molecule has 6 nitrogen and oxygen atoms in total. The van der Waals surface area contributed by atoms with Gasteiger partial charge in [0, 0.05) is 5.92 Å². The summed E-state index contributed by atoms with van der Waals surface area (Å²) in [6, 6.07) is 5.10. The van der Waals surface area contributed by atoms with E-state index >= 15 is 0 Å². The normalized spacial score (nSPS) is 15.3. The van der Waals surface area contributed by atoms with Crippen molar-refractivity contribution in [2.75, 3.05) is 26.3 Å². The van der Waals surface area contributed by atoms with Gasteiger partial charge in [-0.1, -0.05) is 6.07 Å². The van der Waals surface area contributed by atoms with Crippen molar-refractivity contribution in [2.24, 2.45) is 5.92 Å². The Morgan fingerprint density at radius 1 is 1.15 bits per heavy atom. The summed E-state index contributed by atoms with van der Waals surface area (Å²) in [7, 11) is 0. The van der Waals surface area contributed by atoms with Gasteiger partial charge in [0.2, 0.25) is 0 Å². The van der Waals surface area contributed by atoms with Crippen molar-refractivity contribution >= 4 is 11.9 Å². The van der Waals surface area contributed by atoms with E-state index in [1.165, 1.54) is 0 Å². The molecule has 0 unspecified atom stereocenters. The molecule has 1 aliphatic rings. The van der Waals surface area contributed by atoms with Crippen LogP contribution in [-0.2, 0) is 20.7 Å². The van der Waals surface area contributed by atoms with Crippen LogP contribution in [0, 0.1) is 5.92 Å². The molecular weight excluding hydrogens is 346 g/mol. The Bertz CT molecular complexity index is 650. The number of benzene rings is 1. The summed E-state index contributed by atoms with van der Waals surface area (Å²) in [4.78, 5) is 24.5. The van der Waals surface area contributed by atoms with Crippen LogP contribution in [0.1, 0.15) is 56.5 Å². The predicted molar refractivity (Wildman–Crippen MR) is 103 cm³/mol. The molecule has 0 amide bonds. The fourth-order valence-electron chi connectivity index (χ4n) is 3.43. The van der Waals surface area contributed by atoms with E-state index < -0.39 is 11.6 Å². The Balaban J connectivity index is 2.06. The van der Waals surface area contributed by atoms with Crippen LogP contribution in [0.15, 0.2) is 18.2 Å². The summed E-state index contributed by atoms with van der Waals surface area (Å²) >= 11 is 0. The Morgan fingerprint density at radius 3 is 2.48 bits per heavy atom. The molecule has 1 aliphatic heterocycles. The number of ether oxygens (including phenoxy) is 3. The van der Waals surface area contributed by atoms with E-state index in [1.54, 1.807) is 25.1 Å². The van der Waals surface area contributed by atoms with Crippen molar-refractivity contribution in [1.29, 1.82) is 0 Å². The molecule has 1 heterocycles. The second kappa shape index (κ2) is 9.74. The van der Waals surface area contributed by atoms with Crippen molar-refractivity contribution in [1.82, 2.24) is 5.32 Å². The molecule has 150 valence electrons. The van der Waals surface area contributed by atoms with Crippen LogP contribution in [0.4, 0.5) is 0 Å². The molecule has 0 aliphatic carbocycles. The molecule has 1 fully saturated rings. The molecule has 27 heavy (non-hydrogen) atoms. The molecule has 0 spiro atoms. The third kappa shape index (κ3) is 5.96. The fraction of sp³-hybridized carbons (Fsp3) is 0.619. The highest BCUT2D eigenvalue weighted by Crippen LogP contribution is 2.29. The monoisotopic (exact) mass is 377 g/mol. The largest absolute Gasteiger partial charge is 0.493 e. The second-order valence-electron chi connectivity index (χ2n) is 7.26. The predicted octanol–water partition coefficient (Wildman–Crippen LogP) is 3.13. The molecule has 0 radical (unpaired) electrons. The third-order valence-corrected chi connectivity index (χ3v) is 4.89. The summed E-state index contributed by atoms with van der Waals surface area (Å²) in [5.74, 6) is 0.0822. The van der Waals surface area contributed by atoms with Crippen LogP contribution in [0.25, 0.3) is 0 Å². The molecule has 0 bridgehead atoms. The van der Waals surface area contributed by atoms with Gasteiger partial charge < -0.3 is 19.5 Å². The van der Waals surface area contributed by atoms with Crippen LogP contribution in [0.5, 0.6) is 5.75 Å². The molecule has 0 atom stereocenters. The van der Waals surface area contributed by atoms with E-state index in [9.17, 15) is 9.59 Å². The van der Waals surface area contributed by atoms with Crippen molar-refractivity contribution in [3.8, 4) is 5.75 Å². The molecule has 6 heteroatoms. The van der Waals surface area contributed by atoms with Crippen molar-refractivity contribution in [2.45, 2.75) is 52.6 Å². The highest BCUT2D eigenvalue weighted by molar-refractivity contribution is 5.92. The van der Waals surface area contributed by atoms with Gasteiger partial charge in [-0.3, -0.25) is 4.79 Å². The smallest absolute Gasteiger partial charge is 0.341 e. The first-order valence-electron chi connectivity index (χ1n) is 9.72. The zero-order valence-electron chi connectivity index (χ0n) is 16.8. The first-order chi connectivity index (χ1) is 12.9. The summed E-state index contributed by atoms with van der Waals surface area (Å²) in [6.45, 7) is 10.2. The highest BCUT2D eigenvalue weighted by atomic mass is 16.6. The molecule has 1 saturated heterocycles. The van der Waals surface area contributed by atoms with Crippen LogP contribution in [0.2, 0.25) is 0 Å². The summed E-state index contributed by atoms with van der Waals surface area (Å²) in [5, 5.41) is 3.33. The maximum absolute atomic E-state index is 12.5. The van der Waals surface area contributed by atoms with Gasteiger partial charge in [-0.2, -0.15) is 0 Å². The lowest BCUT2D eigenvalue weighted by molar-refractivity contribution is -0.161. The van der Waals surface area contributed by atoms with Gasteiger partial charge >= 0.3 is 11.9 Å². The van der Waals surface area contributed by atoms with E-state index in [0.29, 0.717) is 30.4 Å². The van der Waals surface area contributed by atoms with Crippen LogP contribution in [0.3, 0.4) is 0 Å². The van der Waals surface area contributed by atoms with Gasteiger partial charge in [-0.15, -0.1) is 0 Å². The average molecular weight is 377 g/mol. The lowest BCUT2D eigenvalue weighted by Gasteiger charge is -2.36. The average Bonchev–Trinajstić information content (AvgIpc) is 2.62. The first-order valence-corrected chi connectivity index (χ1v) is 9.72. The Morgan fingerprint density at radius 2 is 1.85 bits per heavy atom. The molecule has 0 saturated carbocycles. The van der Waals surface area contributed by atoms with Gasteiger partial charge in [0.05, 0.1) is 19.6 Å². The van der Waals surface area contributed by atoms with E-state index in [4.69, 9.17) is 14.2 Å². The second-order valence-corrected chi connectivity index (χ2v) is 7.26. The highest BCUT2D eigenvalue weighted by Gasteiger charge is 2.34. The Labute approximate surface area is 161 Å². The van der Waals surface area contributed by atoms with Gasteiger partial charge in [-0.05, 0) is 71.3 Å². The van der Waals surface area contributed by atoms with Crippen LogP contribution < -0.4 is 10.1 Å². The molecule has 1 N–H and O–H groups in total. The number of hydrogen-bond donors (Lipinski definition) is 1. The molecular formula is C21H31NO5. The van der Waals surface area contributed by atoms with Crippen LogP contribution >= 0.6 is 0 Å². The Kier molecular flexibility index (Phi) is 7.66. The number of carbonyl (C=O) groups is 2. The number of carbonyl (C=O) groups excluding carboxylic acids is 2. The standard InChI is InChI=1S/C21H31NO5/c1-5-25-18-13-15(7-8-17(18)20(24)26-6-2)14-19(23)27-21(3,4)16-9-11-22-12-10-16/h7-8,13,16,22H,5-6,9-12,14H2,1-4H3. The lowest BCUT2D eigenvalue weighted by atomic mass is 9.83. The minimum Gasteiger partial charge on any atom is -0.493 e. The van der Waals surface area contributed by atoms with Gasteiger partial charge in [0.25, 0.3) is 0 Å². The zero-order chi connectivity index (χ0) is 19.9. The molecule has 1 aromatic rings. The van der Waals surface area contributed by atoms with Crippen molar-refractivity contribution < 1.29 is 23.8 Å². The minimum absolute atomic E-state index is 0.136. The van der Waals surface area contributed by atoms with Gasteiger partial charge in [0.15, 0.2) is 0 Å². The molecule has 2 rings (SSSR count). The van der Waals surface area contributed by atoms with Crippen molar-refractivity contribution in [3.05, 3.63) is 29.3 Å². The van der Waals surface area contributed by atoms with Crippen molar-refractivity contribution in [3.63, 3.8) is 0 Å². The maximum Gasteiger partial charge on any atom is 0.341 e. The van der Waals surface area contributed by atoms with Gasteiger partial charge in [-0.25, -0.2) is 4.79 Å². The quantitative estimate of drug-likeness (QED) is 0.702. The zero-order valence-corrected chi connectivity index (χ0v) is 16.8. The van der Waals surface area contributed by atoms with Crippen LogP contribution in [-0.4, -0.2) is 43.8 Å². The van der Waals surface area contributed by atoms with E-state index in [1.807, 2.05) is 20.8 Å². The summed E-state index contributed by atoms with van der Waals surface area (Å²) in [6.07, 6.45) is 2.14. The SMILES string of the molecule is CCOC(=O)c1ccc(CC(=O)OC(C)(C)C2CCNCC2)cc1OCC. The number of rotatable bonds is 8. The number of piperidine rings is 1. The number of esters is 2. The topological polar surface area (TPSA) is 73.9 Å². The fourth-order valence-corrected chi connectivity index (χ4v) is 3.43. The van der Waals surface area contributed by atoms with E-state index in [-0.39, 0.29) is 12.4 Å². The molecule has 1 aromatic carbocycles. The number of nitrogens with one attached hydrogen (secondary N) is 1. The molecule has 0 aromatic heterocycles. The first kappa shape index (κ1) is 21.2. The van der Waals surface area contributed by atoms with E-state index in [2.05, 4.69) is 5.32 Å². The minimum atomic E-state index is -0.493. The number of hydrogen-bond acceptors (Lipinski definition) is 6.